The van der Waals surface area contributed by atoms with Crippen LogP contribution in [0.3, 0.4) is 0 Å². The standard InChI is InChI=1S/C14H13Cl2F2NO/c15-7-3-8-1-2-9(4-7)19(8)14(20)10-5-13(18)11(16)6-12(10)17/h5-9H,1-4H2. The van der Waals surface area contributed by atoms with Gasteiger partial charge in [0.15, 0.2) is 0 Å². The number of piperidine rings is 1. The van der Waals surface area contributed by atoms with E-state index in [1.54, 1.807) is 4.90 Å². The number of carbonyl (C=O) groups is 1. The molecule has 0 spiro atoms. The van der Waals surface area contributed by atoms with Gasteiger partial charge in [-0.1, -0.05) is 11.6 Å². The fraction of sp³-hybridized carbons (Fsp3) is 0.500. The van der Waals surface area contributed by atoms with Crippen molar-refractivity contribution >= 4 is 29.1 Å². The van der Waals surface area contributed by atoms with Crippen LogP contribution in [0.15, 0.2) is 12.1 Å². The first-order valence-electron chi connectivity index (χ1n) is 6.58. The number of benzene rings is 1. The summed E-state index contributed by atoms with van der Waals surface area (Å²) in [5.74, 6) is -2.03. The molecule has 2 nitrogen and oxygen atoms in total. The number of rotatable bonds is 1. The van der Waals surface area contributed by atoms with Crippen LogP contribution in [-0.4, -0.2) is 28.3 Å². The molecule has 6 heteroatoms. The van der Waals surface area contributed by atoms with E-state index in [0.29, 0.717) is 12.8 Å². The number of fused-ring (bicyclic) bond motifs is 2. The van der Waals surface area contributed by atoms with Gasteiger partial charge in [-0.25, -0.2) is 8.78 Å². The minimum absolute atomic E-state index is 0.0295. The summed E-state index contributed by atoms with van der Waals surface area (Å²) in [4.78, 5) is 14.2. The lowest BCUT2D eigenvalue weighted by Gasteiger charge is -2.37. The molecule has 2 unspecified atom stereocenters. The van der Waals surface area contributed by atoms with E-state index in [2.05, 4.69) is 0 Å². The summed E-state index contributed by atoms with van der Waals surface area (Å²) in [5, 5.41) is -0.259. The maximum absolute atomic E-state index is 13.9. The molecule has 0 N–H and O–H groups in total. The number of amides is 1. The number of carbonyl (C=O) groups excluding carboxylic acids is 1. The van der Waals surface area contributed by atoms with E-state index in [0.717, 1.165) is 25.0 Å². The lowest BCUT2D eigenvalue weighted by molar-refractivity contribution is 0.0594. The van der Waals surface area contributed by atoms with Crippen LogP contribution in [0, 0.1) is 11.6 Å². The molecule has 0 aliphatic carbocycles. The van der Waals surface area contributed by atoms with Crippen molar-refractivity contribution in [3.05, 3.63) is 34.4 Å². The smallest absolute Gasteiger partial charge is 0.257 e. The molecule has 1 aromatic rings. The molecule has 1 aromatic carbocycles. The number of nitrogens with zero attached hydrogens (tertiary/aromatic N) is 1. The van der Waals surface area contributed by atoms with E-state index in [1.165, 1.54) is 0 Å². The lowest BCUT2D eigenvalue weighted by Crippen LogP contribution is -2.47. The second-order valence-electron chi connectivity index (χ2n) is 5.41. The van der Waals surface area contributed by atoms with Gasteiger partial charge in [0.1, 0.15) is 11.6 Å². The van der Waals surface area contributed by atoms with Crippen molar-refractivity contribution in [3.63, 3.8) is 0 Å². The average molecular weight is 320 g/mol. The van der Waals surface area contributed by atoms with E-state index < -0.39 is 17.5 Å². The zero-order chi connectivity index (χ0) is 14.4. The topological polar surface area (TPSA) is 20.3 Å². The molecule has 2 aliphatic heterocycles. The van der Waals surface area contributed by atoms with Gasteiger partial charge < -0.3 is 4.90 Å². The fourth-order valence-electron chi connectivity index (χ4n) is 3.27. The highest BCUT2D eigenvalue weighted by Crippen LogP contribution is 2.39. The van der Waals surface area contributed by atoms with Gasteiger partial charge in [0.05, 0.1) is 10.6 Å². The van der Waals surface area contributed by atoms with Crippen LogP contribution in [0.5, 0.6) is 0 Å². The van der Waals surface area contributed by atoms with Crippen LogP contribution < -0.4 is 0 Å². The average Bonchev–Trinajstić information content (AvgIpc) is 2.65. The Morgan fingerprint density at radius 2 is 1.75 bits per heavy atom. The van der Waals surface area contributed by atoms with Crippen molar-refractivity contribution in [2.75, 3.05) is 0 Å². The van der Waals surface area contributed by atoms with Gasteiger partial charge in [-0.05, 0) is 37.8 Å². The third-order valence-electron chi connectivity index (χ3n) is 4.15. The first-order chi connectivity index (χ1) is 9.47. The molecule has 2 saturated heterocycles. The molecular formula is C14H13Cl2F2NO. The van der Waals surface area contributed by atoms with Gasteiger partial charge in [-0.3, -0.25) is 4.79 Å². The molecular weight excluding hydrogens is 307 g/mol. The fourth-order valence-corrected chi connectivity index (χ4v) is 3.83. The van der Waals surface area contributed by atoms with Crippen LogP contribution in [0.2, 0.25) is 5.02 Å². The Morgan fingerprint density at radius 3 is 2.35 bits per heavy atom. The largest absolute Gasteiger partial charge is 0.332 e. The van der Waals surface area contributed by atoms with E-state index in [9.17, 15) is 13.6 Å². The summed E-state index contributed by atoms with van der Waals surface area (Å²) >= 11 is 11.7. The van der Waals surface area contributed by atoms with Gasteiger partial charge in [-0.15, -0.1) is 11.6 Å². The first kappa shape index (κ1) is 14.1. The highest BCUT2D eigenvalue weighted by atomic mass is 35.5. The summed E-state index contributed by atoms with van der Waals surface area (Å²) in [6, 6.07) is 1.79. The molecule has 2 bridgehead atoms. The summed E-state index contributed by atoms with van der Waals surface area (Å²) in [7, 11) is 0. The Bertz CT molecular complexity index is 552. The maximum atomic E-state index is 13.9. The van der Waals surface area contributed by atoms with Crippen molar-refractivity contribution in [1.29, 1.82) is 0 Å². The highest BCUT2D eigenvalue weighted by Gasteiger charge is 2.43. The van der Waals surface area contributed by atoms with E-state index in [-0.39, 0.29) is 28.0 Å². The van der Waals surface area contributed by atoms with Gasteiger partial charge >= 0.3 is 0 Å². The van der Waals surface area contributed by atoms with Gasteiger partial charge in [0, 0.05) is 17.5 Å². The Morgan fingerprint density at radius 1 is 1.15 bits per heavy atom. The molecule has 0 aromatic heterocycles. The summed E-state index contributed by atoms with van der Waals surface area (Å²) in [6.45, 7) is 0. The molecule has 3 rings (SSSR count). The summed E-state index contributed by atoms with van der Waals surface area (Å²) in [6.07, 6.45) is 3.16. The Kier molecular flexibility index (Phi) is 3.63. The normalized spacial score (nSPS) is 28.8. The molecule has 2 heterocycles. The molecule has 2 aliphatic rings. The van der Waals surface area contributed by atoms with Gasteiger partial charge in [0.25, 0.3) is 5.91 Å². The number of hydrogen-bond donors (Lipinski definition) is 0. The maximum Gasteiger partial charge on any atom is 0.257 e. The van der Waals surface area contributed by atoms with Crippen LogP contribution in [0.4, 0.5) is 8.78 Å². The predicted octanol–water partition coefficient (Wildman–Crippen LogP) is 3.99. The minimum atomic E-state index is -0.784. The van der Waals surface area contributed by atoms with Crippen molar-refractivity contribution in [2.45, 2.75) is 43.1 Å². The zero-order valence-corrected chi connectivity index (χ0v) is 12.1. The lowest BCUT2D eigenvalue weighted by atomic mass is 10.0. The summed E-state index contributed by atoms with van der Waals surface area (Å²) in [5.41, 5.74) is -0.253. The van der Waals surface area contributed by atoms with Crippen LogP contribution in [0.25, 0.3) is 0 Å². The predicted molar refractivity (Wildman–Crippen MR) is 73.2 cm³/mol. The third kappa shape index (κ3) is 2.29. The Hall–Kier alpha value is -0.870. The molecule has 20 heavy (non-hydrogen) atoms. The second-order valence-corrected chi connectivity index (χ2v) is 6.44. The van der Waals surface area contributed by atoms with E-state index in [1.807, 2.05) is 0 Å². The molecule has 108 valence electrons. The van der Waals surface area contributed by atoms with Crippen molar-refractivity contribution in [1.82, 2.24) is 4.90 Å². The van der Waals surface area contributed by atoms with Crippen molar-refractivity contribution in [2.24, 2.45) is 0 Å². The van der Waals surface area contributed by atoms with E-state index >= 15 is 0 Å². The first-order valence-corrected chi connectivity index (χ1v) is 7.40. The minimum Gasteiger partial charge on any atom is -0.332 e. The van der Waals surface area contributed by atoms with E-state index in [4.69, 9.17) is 23.2 Å². The number of alkyl halides is 1. The van der Waals surface area contributed by atoms with Crippen LogP contribution >= 0.6 is 23.2 Å². The van der Waals surface area contributed by atoms with Crippen molar-refractivity contribution < 1.29 is 13.6 Å². The molecule has 0 saturated carbocycles. The monoisotopic (exact) mass is 319 g/mol. The highest BCUT2D eigenvalue weighted by molar-refractivity contribution is 6.30. The second kappa shape index (κ2) is 5.15. The van der Waals surface area contributed by atoms with Gasteiger partial charge in [0.2, 0.25) is 0 Å². The molecule has 1 amide bonds. The Labute approximate surface area is 125 Å². The molecule has 2 fully saturated rings. The SMILES string of the molecule is O=C(c1cc(F)c(Cl)cc1F)N1C2CCC1CC(Cl)C2. The van der Waals surface area contributed by atoms with Crippen molar-refractivity contribution in [3.8, 4) is 0 Å². The quantitative estimate of drug-likeness (QED) is 0.566. The summed E-state index contributed by atoms with van der Waals surface area (Å²) < 4.78 is 27.3. The molecule has 2 atom stereocenters. The van der Waals surface area contributed by atoms with Crippen LogP contribution in [0.1, 0.15) is 36.0 Å². The Balaban J connectivity index is 1.92. The van der Waals surface area contributed by atoms with Gasteiger partial charge in [-0.2, -0.15) is 0 Å². The van der Waals surface area contributed by atoms with Crippen LogP contribution in [-0.2, 0) is 0 Å². The number of halogens is 4. The third-order valence-corrected chi connectivity index (χ3v) is 4.80. The number of hydrogen-bond acceptors (Lipinski definition) is 1. The zero-order valence-electron chi connectivity index (χ0n) is 10.6. The molecule has 0 radical (unpaired) electrons.